The van der Waals surface area contributed by atoms with Gasteiger partial charge in [-0.3, -0.25) is 4.79 Å². The average molecular weight is 473 g/mol. The van der Waals surface area contributed by atoms with Crippen LogP contribution in [0.15, 0.2) is 48.5 Å². The molecule has 3 aromatic carbocycles. The predicted molar refractivity (Wildman–Crippen MR) is 139 cm³/mol. The molecule has 0 saturated heterocycles. The number of aliphatic hydroxyl groups is 1. The zero-order valence-electron chi connectivity index (χ0n) is 20.6. The molecular weight excluding hydrogens is 440 g/mol. The van der Waals surface area contributed by atoms with Crippen molar-refractivity contribution in [1.29, 1.82) is 0 Å². The summed E-state index contributed by atoms with van der Waals surface area (Å²) in [5.41, 5.74) is 12.4. The largest absolute Gasteiger partial charge is 0.424 e. The molecule has 0 spiro atoms. The molecule has 35 heavy (non-hydrogen) atoms. The second-order valence-corrected chi connectivity index (χ2v) is 9.16. The summed E-state index contributed by atoms with van der Waals surface area (Å²) in [6, 6.07) is 15.8. The topological polar surface area (TPSA) is 94.6 Å². The monoisotopic (exact) mass is 472 g/mol. The maximum absolute atomic E-state index is 12.4. The highest BCUT2D eigenvalue weighted by Crippen LogP contribution is 2.39. The van der Waals surface area contributed by atoms with Gasteiger partial charge in [0.15, 0.2) is 0 Å². The van der Waals surface area contributed by atoms with Gasteiger partial charge >= 0.3 is 5.97 Å². The van der Waals surface area contributed by atoms with Crippen LogP contribution >= 0.6 is 0 Å². The average Bonchev–Trinajstić information content (AvgIpc) is 3.14. The van der Waals surface area contributed by atoms with Gasteiger partial charge in [-0.05, 0) is 67.6 Å². The van der Waals surface area contributed by atoms with Crippen LogP contribution in [0.1, 0.15) is 58.8 Å². The molecule has 0 unspecified atom stereocenters. The molecule has 1 heterocycles. The third kappa shape index (κ3) is 4.93. The van der Waals surface area contributed by atoms with E-state index in [0.717, 1.165) is 47.8 Å². The van der Waals surface area contributed by atoms with Gasteiger partial charge in [0.1, 0.15) is 12.4 Å². The van der Waals surface area contributed by atoms with Crippen LogP contribution in [0.5, 0.6) is 5.75 Å². The number of carbonyl (C=O) groups excluding carboxylic acids is 2. The van der Waals surface area contributed by atoms with Crippen molar-refractivity contribution in [1.82, 2.24) is 4.57 Å². The number of benzene rings is 3. The molecular formula is C29H32N2O4. The highest BCUT2D eigenvalue weighted by molar-refractivity contribution is 6.20. The quantitative estimate of drug-likeness (QED) is 0.199. The van der Waals surface area contributed by atoms with Crippen molar-refractivity contribution < 1.29 is 19.4 Å². The fourth-order valence-electron chi connectivity index (χ4n) is 4.81. The number of nitrogens with two attached hydrogens (primary N) is 1. The van der Waals surface area contributed by atoms with E-state index in [9.17, 15) is 14.7 Å². The third-order valence-corrected chi connectivity index (χ3v) is 6.53. The molecule has 0 saturated carbocycles. The Kier molecular flexibility index (Phi) is 7.22. The summed E-state index contributed by atoms with van der Waals surface area (Å²) in [6.45, 7) is 6.17. The lowest BCUT2D eigenvalue weighted by molar-refractivity contribution is -0.137. The minimum atomic E-state index is -0.746. The number of esters is 1. The normalized spacial score (nSPS) is 11.3. The standard InChI is InChI=1S/C29H32N2O4/c1-4-5-6-8-20-14-24-28(25(15-20)35-26(33)17-32)27-22(29(30)34)9-7-10-23(27)31(24)16-21-12-11-18(2)13-19(21)3/h7,9-15,32H,4-6,8,16-17H2,1-3H3,(H2,30,34). The van der Waals surface area contributed by atoms with Crippen molar-refractivity contribution in [2.45, 2.75) is 53.0 Å². The van der Waals surface area contributed by atoms with Gasteiger partial charge in [-0.15, -0.1) is 0 Å². The number of carbonyl (C=O) groups is 2. The third-order valence-electron chi connectivity index (χ3n) is 6.53. The van der Waals surface area contributed by atoms with Gasteiger partial charge < -0.3 is 20.1 Å². The smallest absolute Gasteiger partial charge is 0.337 e. The molecule has 3 N–H and O–H groups in total. The Morgan fingerprint density at radius 1 is 1.00 bits per heavy atom. The fraction of sp³-hybridized carbons (Fsp3) is 0.310. The molecule has 0 aliphatic heterocycles. The molecule has 0 fully saturated rings. The number of fused-ring (bicyclic) bond motifs is 3. The van der Waals surface area contributed by atoms with Crippen molar-refractivity contribution in [2.24, 2.45) is 5.73 Å². The van der Waals surface area contributed by atoms with Crippen LogP contribution in [0.2, 0.25) is 0 Å². The first-order valence-corrected chi connectivity index (χ1v) is 12.1. The van der Waals surface area contributed by atoms with Crippen LogP contribution in [0.25, 0.3) is 21.8 Å². The highest BCUT2D eigenvalue weighted by Gasteiger charge is 2.22. The molecule has 0 aliphatic rings. The Morgan fingerprint density at radius 2 is 1.80 bits per heavy atom. The molecule has 6 nitrogen and oxygen atoms in total. The maximum atomic E-state index is 12.4. The summed E-state index contributed by atoms with van der Waals surface area (Å²) in [6.07, 6.45) is 4.05. The van der Waals surface area contributed by atoms with Crippen molar-refractivity contribution >= 4 is 33.7 Å². The van der Waals surface area contributed by atoms with Gasteiger partial charge in [-0.2, -0.15) is 0 Å². The number of hydrogen-bond acceptors (Lipinski definition) is 4. The summed E-state index contributed by atoms with van der Waals surface area (Å²) in [4.78, 5) is 24.6. The Hall–Kier alpha value is -3.64. The summed E-state index contributed by atoms with van der Waals surface area (Å²) in [7, 11) is 0. The van der Waals surface area contributed by atoms with Crippen molar-refractivity contribution in [3.63, 3.8) is 0 Å². The van der Waals surface area contributed by atoms with E-state index in [0.29, 0.717) is 28.6 Å². The van der Waals surface area contributed by atoms with E-state index < -0.39 is 18.5 Å². The number of aryl methyl sites for hydroxylation is 3. The van der Waals surface area contributed by atoms with E-state index in [-0.39, 0.29) is 0 Å². The molecule has 182 valence electrons. The minimum absolute atomic E-state index is 0.339. The van der Waals surface area contributed by atoms with Crippen LogP contribution in [0, 0.1) is 13.8 Å². The Labute approximate surface area is 205 Å². The van der Waals surface area contributed by atoms with Crippen molar-refractivity contribution in [3.05, 3.63) is 76.3 Å². The number of aromatic nitrogens is 1. The lowest BCUT2D eigenvalue weighted by Gasteiger charge is -2.13. The summed E-state index contributed by atoms with van der Waals surface area (Å²) in [5, 5.41) is 10.7. The Balaban J connectivity index is 2.04. The lowest BCUT2D eigenvalue weighted by atomic mass is 10.0. The van der Waals surface area contributed by atoms with Gasteiger partial charge in [0.2, 0.25) is 5.91 Å². The van der Waals surface area contributed by atoms with Gasteiger partial charge in [0.05, 0.1) is 16.4 Å². The van der Waals surface area contributed by atoms with Gasteiger partial charge in [-0.25, -0.2) is 4.79 Å². The zero-order chi connectivity index (χ0) is 25.1. The first-order chi connectivity index (χ1) is 16.8. The summed E-state index contributed by atoms with van der Waals surface area (Å²) in [5.74, 6) is -0.956. The van der Waals surface area contributed by atoms with Crippen LogP contribution < -0.4 is 10.5 Å². The molecule has 4 aromatic rings. The number of nitrogens with zero attached hydrogens (tertiary/aromatic N) is 1. The number of aliphatic hydroxyl groups excluding tert-OH is 1. The Bertz CT molecular complexity index is 1420. The first kappa shape index (κ1) is 24.5. The maximum Gasteiger partial charge on any atom is 0.337 e. The van der Waals surface area contributed by atoms with Crippen molar-refractivity contribution in [3.8, 4) is 5.75 Å². The van der Waals surface area contributed by atoms with Crippen LogP contribution in [-0.4, -0.2) is 28.2 Å². The zero-order valence-corrected chi connectivity index (χ0v) is 20.6. The minimum Gasteiger partial charge on any atom is -0.424 e. The number of hydrogen-bond donors (Lipinski definition) is 2. The van der Waals surface area contributed by atoms with E-state index in [1.807, 2.05) is 18.2 Å². The number of unbranched alkanes of at least 4 members (excludes halogenated alkanes) is 2. The predicted octanol–water partition coefficient (Wildman–Crippen LogP) is 5.19. The second-order valence-electron chi connectivity index (χ2n) is 9.16. The summed E-state index contributed by atoms with van der Waals surface area (Å²) >= 11 is 0. The van der Waals surface area contributed by atoms with Gasteiger partial charge in [0, 0.05) is 17.5 Å². The first-order valence-electron chi connectivity index (χ1n) is 12.1. The number of ether oxygens (including phenoxy) is 1. The van der Waals surface area contributed by atoms with Crippen molar-refractivity contribution in [2.75, 3.05) is 6.61 Å². The second kappa shape index (κ2) is 10.3. The number of amides is 1. The molecule has 4 rings (SSSR count). The molecule has 1 amide bonds. The Morgan fingerprint density at radius 3 is 2.49 bits per heavy atom. The van der Waals surface area contributed by atoms with E-state index in [1.165, 1.54) is 11.1 Å². The highest BCUT2D eigenvalue weighted by atomic mass is 16.5. The number of primary amides is 1. The van der Waals surface area contributed by atoms with E-state index in [4.69, 9.17) is 10.5 Å². The fourth-order valence-corrected chi connectivity index (χ4v) is 4.81. The van der Waals surface area contributed by atoms with E-state index in [2.05, 4.69) is 49.6 Å². The molecule has 0 atom stereocenters. The molecule has 0 bridgehead atoms. The van der Waals surface area contributed by atoms with Gasteiger partial charge in [0.25, 0.3) is 0 Å². The number of rotatable bonds is 9. The van der Waals surface area contributed by atoms with Crippen LogP contribution in [0.4, 0.5) is 0 Å². The molecule has 0 aliphatic carbocycles. The van der Waals surface area contributed by atoms with Gasteiger partial charge in [-0.1, -0.05) is 49.6 Å². The lowest BCUT2D eigenvalue weighted by Crippen LogP contribution is -2.13. The van der Waals surface area contributed by atoms with Crippen LogP contribution in [0.3, 0.4) is 0 Å². The SMILES string of the molecule is CCCCCc1cc(OC(=O)CO)c2c3c(C(N)=O)cccc3n(Cc3ccc(C)cc3C)c2c1. The summed E-state index contributed by atoms with van der Waals surface area (Å²) < 4.78 is 7.78. The molecule has 6 heteroatoms. The molecule has 1 aromatic heterocycles. The van der Waals surface area contributed by atoms with E-state index >= 15 is 0 Å². The molecule has 0 radical (unpaired) electrons. The van der Waals surface area contributed by atoms with Crippen LogP contribution in [-0.2, 0) is 17.8 Å². The van der Waals surface area contributed by atoms with E-state index in [1.54, 1.807) is 6.07 Å².